The van der Waals surface area contributed by atoms with Crippen molar-refractivity contribution in [2.75, 3.05) is 6.54 Å². The van der Waals surface area contributed by atoms with Crippen molar-refractivity contribution in [2.24, 2.45) is 17.8 Å². The molecule has 2 aliphatic carbocycles. The molecule has 3 atom stereocenters. The summed E-state index contributed by atoms with van der Waals surface area (Å²) in [4.78, 5) is 12.1. The molecular formula is C17H21N5O. The Morgan fingerprint density at radius 3 is 2.74 bits per heavy atom. The van der Waals surface area contributed by atoms with Crippen LogP contribution in [-0.4, -0.2) is 32.7 Å². The average molecular weight is 311 g/mol. The van der Waals surface area contributed by atoms with Gasteiger partial charge in [0.05, 0.1) is 12.1 Å². The third-order valence-electron chi connectivity index (χ3n) is 5.36. The molecular weight excluding hydrogens is 290 g/mol. The topological polar surface area (TPSA) is 72.7 Å². The Morgan fingerprint density at radius 2 is 2.09 bits per heavy atom. The molecule has 2 aliphatic rings. The first-order chi connectivity index (χ1) is 11.3. The maximum absolute atomic E-state index is 12.1. The number of aromatic nitrogens is 4. The first kappa shape index (κ1) is 14.4. The van der Waals surface area contributed by atoms with E-state index in [4.69, 9.17) is 0 Å². The molecule has 1 amide bonds. The minimum atomic E-state index is 0.114. The number of amides is 1. The van der Waals surface area contributed by atoms with E-state index in [0.717, 1.165) is 29.6 Å². The second kappa shape index (κ2) is 6.10. The predicted octanol–water partition coefficient (Wildman–Crippen LogP) is 1.76. The van der Waals surface area contributed by atoms with Gasteiger partial charge in [-0.2, -0.15) is 0 Å². The third-order valence-corrected chi connectivity index (χ3v) is 5.36. The lowest BCUT2D eigenvalue weighted by atomic mass is 9.89. The van der Waals surface area contributed by atoms with Crippen molar-refractivity contribution in [1.29, 1.82) is 0 Å². The Kier molecular flexibility index (Phi) is 3.81. The van der Waals surface area contributed by atoms with Gasteiger partial charge in [-0.25, -0.2) is 4.68 Å². The van der Waals surface area contributed by atoms with Crippen molar-refractivity contribution in [2.45, 2.75) is 32.1 Å². The molecule has 1 aromatic carbocycles. The van der Waals surface area contributed by atoms with Crippen LogP contribution in [-0.2, 0) is 11.2 Å². The summed E-state index contributed by atoms with van der Waals surface area (Å²) in [5.41, 5.74) is 1.90. The maximum atomic E-state index is 12.1. The smallest absolute Gasteiger partial charge is 0.224 e. The monoisotopic (exact) mass is 311 g/mol. The molecule has 6 heteroatoms. The Balaban J connectivity index is 1.28. The van der Waals surface area contributed by atoms with E-state index in [-0.39, 0.29) is 5.91 Å². The number of rotatable bonds is 5. The zero-order valence-electron chi connectivity index (χ0n) is 13.1. The van der Waals surface area contributed by atoms with Gasteiger partial charge in [-0.3, -0.25) is 4.79 Å². The van der Waals surface area contributed by atoms with Crippen LogP contribution in [0.1, 0.15) is 31.2 Å². The summed E-state index contributed by atoms with van der Waals surface area (Å²) in [5.74, 6) is 2.61. The van der Waals surface area contributed by atoms with E-state index in [0.29, 0.717) is 12.3 Å². The Morgan fingerprint density at radius 1 is 1.22 bits per heavy atom. The van der Waals surface area contributed by atoms with Crippen LogP contribution in [0.2, 0.25) is 0 Å². The van der Waals surface area contributed by atoms with Gasteiger partial charge in [-0.05, 0) is 65.1 Å². The van der Waals surface area contributed by atoms with Gasteiger partial charge in [-0.15, -0.1) is 5.10 Å². The van der Waals surface area contributed by atoms with Crippen molar-refractivity contribution in [1.82, 2.24) is 25.5 Å². The molecule has 4 rings (SSSR count). The summed E-state index contributed by atoms with van der Waals surface area (Å²) in [6.45, 7) is 0.850. The van der Waals surface area contributed by atoms with Crippen molar-refractivity contribution < 1.29 is 4.79 Å². The SMILES string of the molecule is O=C(Cc1ccc(-n2cnnn2)cc1)NC[C@H]1C[C@H]2CC[C@H]1C2. The predicted molar refractivity (Wildman–Crippen MR) is 84.8 cm³/mol. The molecule has 6 nitrogen and oxygen atoms in total. The van der Waals surface area contributed by atoms with E-state index in [1.165, 1.54) is 25.7 Å². The first-order valence-electron chi connectivity index (χ1n) is 8.37. The molecule has 2 fully saturated rings. The second-order valence-corrected chi connectivity index (χ2v) is 6.84. The molecule has 1 aromatic heterocycles. The van der Waals surface area contributed by atoms with Gasteiger partial charge in [0.15, 0.2) is 0 Å². The fourth-order valence-electron chi connectivity index (χ4n) is 4.17. The summed E-state index contributed by atoms with van der Waals surface area (Å²) in [6.07, 6.45) is 7.45. The lowest BCUT2D eigenvalue weighted by molar-refractivity contribution is -0.120. The lowest BCUT2D eigenvalue weighted by Crippen LogP contribution is -2.32. The number of benzene rings is 1. The van der Waals surface area contributed by atoms with Crippen LogP contribution in [0.25, 0.3) is 5.69 Å². The fourth-order valence-corrected chi connectivity index (χ4v) is 4.17. The number of carbonyl (C=O) groups is 1. The number of nitrogens with one attached hydrogen (secondary N) is 1. The zero-order chi connectivity index (χ0) is 15.6. The van der Waals surface area contributed by atoms with Gasteiger partial charge < -0.3 is 5.32 Å². The largest absolute Gasteiger partial charge is 0.356 e. The number of fused-ring (bicyclic) bond motifs is 2. The van der Waals surface area contributed by atoms with E-state index in [9.17, 15) is 4.79 Å². The highest BCUT2D eigenvalue weighted by Crippen LogP contribution is 2.47. The van der Waals surface area contributed by atoms with Crippen molar-refractivity contribution in [3.63, 3.8) is 0 Å². The number of hydrogen-bond acceptors (Lipinski definition) is 4. The molecule has 0 aliphatic heterocycles. The molecule has 1 N–H and O–H groups in total. The highest BCUT2D eigenvalue weighted by atomic mass is 16.1. The minimum absolute atomic E-state index is 0.114. The van der Waals surface area contributed by atoms with Gasteiger partial charge in [0.1, 0.15) is 6.33 Å². The highest BCUT2D eigenvalue weighted by Gasteiger charge is 2.39. The van der Waals surface area contributed by atoms with Gasteiger partial charge in [-0.1, -0.05) is 18.6 Å². The number of nitrogens with zero attached hydrogens (tertiary/aromatic N) is 4. The molecule has 0 spiro atoms. The van der Waals surface area contributed by atoms with Crippen LogP contribution in [0.5, 0.6) is 0 Å². The molecule has 2 saturated carbocycles. The summed E-state index contributed by atoms with van der Waals surface area (Å²) in [5, 5.41) is 14.2. The molecule has 0 radical (unpaired) electrons. The minimum Gasteiger partial charge on any atom is -0.356 e. The molecule has 23 heavy (non-hydrogen) atoms. The summed E-state index contributed by atoms with van der Waals surface area (Å²) < 4.78 is 1.60. The van der Waals surface area contributed by atoms with Gasteiger partial charge in [0.2, 0.25) is 5.91 Å². The normalized spacial score (nSPS) is 25.7. The van der Waals surface area contributed by atoms with Crippen LogP contribution in [0, 0.1) is 17.8 Å². The molecule has 2 aromatic rings. The van der Waals surface area contributed by atoms with E-state index in [1.54, 1.807) is 11.0 Å². The average Bonchev–Trinajstić information content (AvgIpc) is 3.31. The maximum Gasteiger partial charge on any atom is 0.224 e. The van der Waals surface area contributed by atoms with Crippen molar-refractivity contribution in [3.8, 4) is 5.69 Å². The number of carbonyl (C=O) groups excluding carboxylic acids is 1. The fraction of sp³-hybridized carbons (Fsp3) is 0.529. The van der Waals surface area contributed by atoms with Crippen LogP contribution >= 0.6 is 0 Å². The molecule has 0 saturated heterocycles. The van der Waals surface area contributed by atoms with Crippen LogP contribution in [0.4, 0.5) is 0 Å². The quantitative estimate of drug-likeness (QED) is 0.913. The Hall–Kier alpha value is -2.24. The van der Waals surface area contributed by atoms with E-state index >= 15 is 0 Å². The second-order valence-electron chi connectivity index (χ2n) is 6.84. The summed E-state index contributed by atoms with van der Waals surface area (Å²) >= 11 is 0. The zero-order valence-corrected chi connectivity index (χ0v) is 13.1. The van der Waals surface area contributed by atoms with E-state index < -0.39 is 0 Å². The van der Waals surface area contributed by atoms with E-state index in [1.807, 2.05) is 24.3 Å². The van der Waals surface area contributed by atoms with Gasteiger partial charge >= 0.3 is 0 Å². The number of tetrazole rings is 1. The van der Waals surface area contributed by atoms with Crippen LogP contribution in [0.3, 0.4) is 0 Å². The number of hydrogen-bond donors (Lipinski definition) is 1. The summed E-state index contributed by atoms with van der Waals surface area (Å²) in [6, 6.07) is 7.76. The van der Waals surface area contributed by atoms with Crippen LogP contribution < -0.4 is 5.32 Å². The van der Waals surface area contributed by atoms with Crippen molar-refractivity contribution >= 4 is 5.91 Å². The molecule has 1 heterocycles. The van der Waals surface area contributed by atoms with Gasteiger partial charge in [0, 0.05) is 6.54 Å². The molecule has 0 unspecified atom stereocenters. The van der Waals surface area contributed by atoms with E-state index in [2.05, 4.69) is 20.8 Å². The van der Waals surface area contributed by atoms with Gasteiger partial charge in [0.25, 0.3) is 0 Å². The standard InChI is InChI=1S/C17H21N5O/c23-17(18-10-15-8-13-1-4-14(15)7-13)9-12-2-5-16(6-3-12)22-11-19-20-21-22/h2-3,5-6,11,13-15H,1,4,7-10H2,(H,18,23)/t13-,14-,15+/m0/s1. The lowest BCUT2D eigenvalue weighted by Gasteiger charge is -2.21. The Bertz CT molecular complexity index is 667. The van der Waals surface area contributed by atoms with Crippen LogP contribution in [0.15, 0.2) is 30.6 Å². The highest BCUT2D eigenvalue weighted by molar-refractivity contribution is 5.78. The van der Waals surface area contributed by atoms with Crippen molar-refractivity contribution in [3.05, 3.63) is 36.2 Å². The third kappa shape index (κ3) is 3.11. The first-order valence-corrected chi connectivity index (χ1v) is 8.37. The summed E-state index contributed by atoms with van der Waals surface area (Å²) in [7, 11) is 0. The Labute approximate surface area is 135 Å². The molecule has 2 bridgehead atoms. The molecule has 120 valence electrons.